The molecule has 0 spiro atoms. The zero-order valence-electron chi connectivity index (χ0n) is 9.48. The van der Waals surface area contributed by atoms with Gasteiger partial charge in [0.2, 0.25) is 0 Å². The maximum absolute atomic E-state index is 10.9. The van der Waals surface area contributed by atoms with Crippen LogP contribution in [0, 0.1) is 11.8 Å². The summed E-state index contributed by atoms with van der Waals surface area (Å²) in [6.45, 7) is 4.64. The Kier molecular flexibility index (Phi) is 3.29. The highest BCUT2D eigenvalue weighted by molar-refractivity contribution is 5.70. The van der Waals surface area contributed by atoms with Crippen molar-refractivity contribution in [1.82, 2.24) is 4.90 Å². The average molecular weight is 211 g/mol. The van der Waals surface area contributed by atoms with Crippen molar-refractivity contribution in [3.63, 3.8) is 0 Å². The minimum Gasteiger partial charge on any atom is -0.481 e. The van der Waals surface area contributed by atoms with Crippen LogP contribution in [0.5, 0.6) is 0 Å². The normalized spacial score (nSPS) is 33.7. The molecular weight excluding hydrogens is 190 g/mol. The number of likely N-dealkylation sites (tertiary alicyclic amines) is 1. The second-order valence-electron chi connectivity index (χ2n) is 5.08. The summed E-state index contributed by atoms with van der Waals surface area (Å²) in [6, 6.07) is 0.558. The highest BCUT2D eigenvalue weighted by Gasteiger charge is 2.35. The monoisotopic (exact) mass is 211 g/mol. The van der Waals surface area contributed by atoms with Gasteiger partial charge in [-0.15, -0.1) is 0 Å². The smallest absolute Gasteiger partial charge is 0.306 e. The van der Waals surface area contributed by atoms with E-state index in [1.165, 1.54) is 25.9 Å². The Balaban J connectivity index is 1.81. The van der Waals surface area contributed by atoms with Gasteiger partial charge >= 0.3 is 5.97 Å². The molecule has 0 amide bonds. The molecule has 1 saturated heterocycles. The first-order valence-corrected chi connectivity index (χ1v) is 6.17. The van der Waals surface area contributed by atoms with Gasteiger partial charge in [-0.05, 0) is 25.2 Å². The summed E-state index contributed by atoms with van der Waals surface area (Å²) < 4.78 is 0. The van der Waals surface area contributed by atoms with Crippen LogP contribution in [-0.4, -0.2) is 35.1 Å². The lowest BCUT2D eigenvalue weighted by atomic mass is 9.82. The number of carboxylic acid groups (broad SMARTS) is 1. The van der Waals surface area contributed by atoms with Crippen LogP contribution in [0.4, 0.5) is 0 Å². The molecule has 15 heavy (non-hydrogen) atoms. The number of nitrogens with zero attached hydrogens (tertiary/aromatic N) is 1. The van der Waals surface area contributed by atoms with Crippen molar-refractivity contribution in [2.45, 2.75) is 45.1 Å². The van der Waals surface area contributed by atoms with E-state index in [0.29, 0.717) is 6.04 Å². The van der Waals surface area contributed by atoms with E-state index in [2.05, 4.69) is 11.8 Å². The molecule has 2 aliphatic rings. The molecule has 1 heterocycles. The molecular formula is C12H21NO2. The first-order chi connectivity index (χ1) is 7.20. The van der Waals surface area contributed by atoms with Gasteiger partial charge in [-0.1, -0.05) is 19.8 Å². The van der Waals surface area contributed by atoms with Crippen molar-refractivity contribution in [1.29, 1.82) is 0 Å². The summed E-state index contributed by atoms with van der Waals surface area (Å²) in [5.74, 6) is 0.201. The molecule has 0 radical (unpaired) electrons. The van der Waals surface area contributed by atoms with Crippen molar-refractivity contribution in [3.05, 3.63) is 0 Å². The molecule has 0 aromatic rings. The highest BCUT2D eigenvalue weighted by atomic mass is 16.4. The second kappa shape index (κ2) is 4.52. The van der Waals surface area contributed by atoms with E-state index < -0.39 is 5.97 Å². The molecule has 2 unspecified atom stereocenters. The topological polar surface area (TPSA) is 40.5 Å². The highest BCUT2D eigenvalue weighted by Crippen LogP contribution is 2.32. The van der Waals surface area contributed by atoms with Gasteiger partial charge in [0.1, 0.15) is 0 Å². The van der Waals surface area contributed by atoms with Crippen LogP contribution >= 0.6 is 0 Å². The van der Waals surface area contributed by atoms with Gasteiger partial charge in [0.15, 0.2) is 0 Å². The van der Waals surface area contributed by atoms with Gasteiger partial charge < -0.3 is 5.11 Å². The van der Waals surface area contributed by atoms with Gasteiger partial charge in [-0.25, -0.2) is 0 Å². The summed E-state index contributed by atoms with van der Waals surface area (Å²) in [6.07, 6.45) is 5.34. The van der Waals surface area contributed by atoms with E-state index in [9.17, 15) is 4.79 Å². The molecule has 0 bridgehead atoms. The third-order valence-electron chi connectivity index (χ3n) is 4.07. The summed E-state index contributed by atoms with van der Waals surface area (Å²) in [4.78, 5) is 13.4. The zero-order chi connectivity index (χ0) is 10.8. The van der Waals surface area contributed by atoms with Gasteiger partial charge in [0.25, 0.3) is 0 Å². The van der Waals surface area contributed by atoms with E-state index in [1.54, 1.807) is 0 Å². The van der Waals surface area contributed by atoms with Crippen LogP contribution in [0.1, 0.15) is 39.0 Å². The molecule has 1 saturated carbocycles. The number of carboxylic acids is 1. The van der Waals surface area contributed by atoms with Crippen molar-refractivity contribution in [2.75, 3.05) is 13.1 Å². The summed E-state index contributed by atoms with van der Waals surface area (Å²) in [7, 11) is 0. The molecule has 1 N–H and O–H groups in total. The van der Waals surface area contributed by atoms with Gasteiger partial charge in [-0.3, -0.25) is 9.69 Å². The summed E-state index contributed by atoms with van der Waals surface area (Å²) in [5.41, 5.74) is 0. The van der Waals surface area contributed by atoms with E-state index in [0.717, 1.165) is 25.2 Å². The molecule has 1 aliphatic heterocycles. The molecule has 2 rings (SSSR count). The third kappa shape index (κ3) is 2.33. The van der Waals surface area contributed by atoms with Crippen molar-refractivity contribution < 1.29 is 9.90 Å². The largest absolute Gasteiger partial charge is 0.481 e. The Hall–Kier alpha value is -0.570. The number of hydrogen-bond acceptors (Lipinski definition) is 2. The number of aliphatic carboxylic acids is 1. The third-order valence-corrected chi connectivity index (χ3v) is 4.07. The van der Waals surface area contributed by atoms with Crippen LogP contribution in [0.25, 0.3) is 0 Å². The predicted octanol–water partition coefficient (Wildman–Crippen LogP) is 1.97. The summed E-state index contributed by atoms with van der Waals surface area (Å²) >= 11 is 0. The second-order valence-corrected chi connectivity index (χ2v) is 5.08. The van der Waals surface area contributed by atoms with Crippen LogP contribution < -0.4 is 0 Å². The lowest BCUT2D eigenvalue weighted by molar-refractivity contribution is -0.144. The van der Waals surface area contributed by atoms with Crippen LogP contribution in [0.3, 0.4) is 0 Å². The van der Waals surface area contributed by atoms with Crippen LogP contribution in [-0.2, 0) is 4.79 Å². The Morgan fingerprint density at radius 2 is 2.13 bits per heavy atom. The quantitative estimate of drug-likeness (QED) is 0.776. The fraction of sp³-hybridized carbons (Fsp3) is 0.917. The maximum Gasteiger partial charge on any atom is 0.306 e. The first kappa shape index (κ1) is 10.9. The van der Waals surface area contributed by atoms with Crippen LogP contribution in [0.2, 0.25) is 0 Å². The van der Waals surface area contributed by atoms with E-state index in [4.69, 9.17) is 5.11 Å². The van der Waals surface area contributed by atoms with Crippen molar-refractivity contribution >= 4 is 5.97 Å². The zero-order valence-corrected chi connectivity index (χ0v) is 9.48. The fourth-order valence-electron chi connectivity index (χ4n) is 2.89. The molecule has 2 atom stereocenters. The minimum absolute atomic E-state index is 0.0792. The Morgan fingerprint density at radius 3 is 2.73 bits per heavy atom. The Labute approximate surface area is 91.5 Å². The molecule has 3 nitrogen and oxygen atoms in total. The average Bonchev–Trinajstić information content (AvgIpc) is 2.16. The van der Waals surface area contributed by atoms with Gasteiger partial charge in [0, 0.05) is 19.1 Å². The van der Waals surface area contributed by atoms with Gasteiger partial charge in [-0.2, -0.15) is 0 Å². The molecule has 86 valence electrons. The first-order valence-electron chi connectivity index (χ1n) is 6.17. The molecule has 0 aromatic heterocycles. The summed E-state index contributed by atoms with van der Waals surface area (Å²) in [5, 5.41) is 9.01. The predicted molar refractivity (Wildman–Crippen MR) is 58.7 cm³/mol. The Morgan fingerprint density at radius 1 is 1.40 bits per heavy atom. The van der Waals surface area contributed by atoms with Crippen molar-refractivity contribution in [3.8, 4) is 0 Å². The SMILES string of the molecule is CCC1CN(C2CCCC(C(=O)O)C2)C1. The molecule has 0 aromatic carbocycles. The van der Waals surface area contributed by atoms with E-state index in [-0.39, 0.29) is 5.92 Å². The lowest BCUT2D eigenvalue weighted by Gasteiger charge is -2.46. The lowest BCUT2D eigenvalue weighted by Crippen LogP contribution is -2.53. The van der Waals surface area contributed by atoms with Crippen molar-refractivity contribution in [2.24, 2.45) is 11.8 Å². The fourth-order valence-corrected chi connectivity index (χ4v) is 2.89. The Bertz CT molecular complexity index is 236. The van der Waals surface area contributed by atoms with E-state index >= 15 is 0 Å². The molecule has 3 heteroatoms. The molecule has 2 fully saturated rings. The van der Waals surface area contributed by atoms with Crippen LogP contribution in [0.15, 0.2) is 0 Å². The number of hydrogen-bond donors (Lipinski definition) is 1. The standard InChI is InChI=1S/C12H21NO2/c1-2-9-7-13(8-9)11-5-3-4-10(6-11)12(14)15/h9-11H,2-8H2,1H3,(H,14,15). The number of carbonyl (C=O) groups is 1. The maximum atomic E-state index is 10.9. The van der Waals surface area contributed by atoms with E-state index in [1.807, 2.05) is 0 Å². The minimum atomic E-state index is -0.590. The molecule has 1 aliphatic carbocycles. The number of rotatable bonds is 3. The van der Waals surface area contributed by atoms with Gasteiger partial charge in [0.05, 0.1) is 5.92 Å².